The van der Waals surface area contributed by atoms with Gasteiger partial charge in [-0.25, -0.2) is 13.2 Å². The highest BCUT2D eigenvalue weighted by molar-refractivity contribution is 7.91. The number of thiophene rings is 1. The van der Waals surface area contributed by atoms with E-state index in [9.17, 15) is 18.3 Å². The summed E-state index contributed by atoms with van der Waals surface area (Å²) in [5, 5.41) is 9.48. The fraction of sp³-hybridized carbons (Fsp3) is 0.214. The lowest BCUT2D eigenvalue weighted by molar-refractivity contribution is -0.143. The van der Waals surface area contributed by atoms with Gasteiger partial charge in [0.15, 0.2) is 5.54 Å². The van der Waals surface area contributed by atoms with Gasteiger partial charge in [-0.05, 0) is 31.5 Å². The predicted octanol–water partition coefficient (Wildman–Crippen LogP) is 2.33. The van der Waals surface area contributed by atoms with Gasteiger partial charge in [0, 0.05) is 4.88 Å². The first-order chi connectivity index (χ1) is 9.75. The number of carboxylic acid groups (broad SMARTS) is 1. The summed E-state index contributed by atoms with van der Waals surface area (Å²) in [5.74, 6) is -1.26. The average molecular weight is 325 g/mol. The first-order valence-corrected chi connectivity index (χ1v) is 8.45. The van der Waals surface area contributed by atoms with E-state index in [1.54, 1.807) is 43.3 Å². The molecule has 0 aliphatic heterocycles. The molecule has 2 rings (SSSR count). The third-order valence-electron chi connectivity index (χ3n) is 3.10. The Morgan fingerprint density at radius 3 is 2.29 bits per heavy atom. The molecule has 0 aliphatic rings. The highest BCUT2D eigenvalue weighted by Gasteiger charge is 2.40. The topological polar surface area (TPSA) is 83.5 Å². The van der Waals surface area contributed by atoms with Crippen LogP contribution in [0.3, 0.4) is 0 Å². The summed E-state index contributed by atoms with van der Waals surface area (Å²) in [7, 11) is -3.90. The van der Waals surface area contributed by atoms with Gasteiger partial charge < -0.3 is 5.11 Å². The fourth-order valence-electron chi connectivity index (χ4n) is 1.87. The number of aryl methyl sites for hydroxylation is 1. The molecule has 0 aliphatic carbocycles. The molecule has 0 radical (unpaired) electrons. The molecule has 1 aromatic carbocycles. The number of rotatable bonds is 5. The molecule has 1 unspecified atom stereocenters. The van der Waals surface area contributed by atoms with Crippen molar-refractivity contribution in [3.63, 3.8) is 0 Å². The van der Waals surface area contributed by atoms with Crippen LogP contribution in [-0.4, -0.2) is 19.5 Å². The van der Waals surface area contributed by atoms with Crippen molar-refractivity contribution in [1.29, 1.82) is 0 Å². The molecule has 5 nitrogen and oxygen atoms in total. The Bertz CT molecular complexity index is 752. The maximum atomic E-state index is 12.4. The molecule has 0 bridgehead atoms. The number of aliphatic carboxylic acids is 1. The van der Waals surface area contributed by atoms with E-state index in [1.165, 1.54) is 13.0 Å². The van der Waals surface area contributed by atoms with Gasteiger partial charge in [-0.15, -0.1) is 11.3 Å². The number of carbonyl (C=O) groups is 1. The Morgan fingerprint density at radius 1 is 1.19 bits per heavy atom. The van der Waals surface area contributed by atoms with Crippen LogP contribution in [0.5, 0.6) is 0 Å². The molecule has 1 atom stereocenters. The number of benzene rings is 1. The van der Waals surface area contributed by atoms with Crippen molar-refractivity contribution in [2.45, 2.75) is 23.6 Å². The predicted molar refractivity (Wildman–Crippen MR) is 80.8 cm³/mol. The van der Waals surface area contributed by atoms with E-state index in [4.69, 9.17) is 0 Å². The van der Waals surface area contributed by atoms with Crippen LogP contribution >= 0.6 is 11.3 Å². The van der Waals surface area contributed by atoms with Crippen LogP contribution in [-0.2, 0) is 20.4 Å². The van der Waals surface area contributed by atoms with Gasteiger partial charge in [-0.1, -0.05) is 30.3 Å². The normalized spacial score (nSPS) is 14.6. The molecule has 2 aromatic rings. The molecule has 1 heterocycles. The van der Waals surface area contributed by atoms with E-state index in [-0.39, 0.29) is 4.21 Å². The first-order valence-electron chi connectivity index (χ1n) is 6.15. The van der Waals surface area contributed by atoms with E-state index in [1.807, 2.05) is 0 Å². The molecule has 0 spiro atoms. The Kier molecular flexibility index (Phi) is 4.18. The van der Waals surface area contributed by atoms with Crippen LogP contribution in [0.4, 0.5) is 0 Å². The second kappa shape index (κ2) is 5.59. The van der Waals surface area contributed by atoms with E-state index in [2.05, 4.69) is 4.72 Å². The summed E-state index contributed by atoms with van der Waals surface area (Å²) in [4.78, 5) is 12.5. The summed E-state index contributed by atoms with van der Waals surface area (Å²) < 4.78 is 27.1. The minimum atomic E-state index is -3.90. The molecule has 2 N–H and O–H groups in total. The van der Waals surface area contributed by atoms with Gasteiger partial charge in [0.25, 0.3) is 10.0 Å². The largest absolute Gasteiger partial charge is 0.480 e. The highest BCUT2D eigenvalue weighted by Crippen LogP contribution is 2.27. The van der Waals surface area contributed by atoms with Crippen molar-refractivity contribution in [2.75, 3.05) is 0 Å². The lowest BCUT2D eigenvalue weighted by atomic mass is 9.94. The number of carboxylic acids is 1. The van der Waals surface area contributed by atoms with Gasteiger partial charge >= 0.3 is 5.97 Å². The van der Waals surface area contributed by atoms with E-state index < -0.39 is 21.5 Å². The summed E-state index contributed by atoms with van der Waals surface area (Å²) in [6.45, 7) is 3.12. The molecular formula is C14H15NO4S2. The molecule has 112 valence electrons. The fourth-order valence-corrected chi connectivity index (χ4v) is 4.51. The van der Waals surface area contributed by atoms with Gasteiger partial charge in [-0.2, -0.15) is 4.72 Å². The van der Waals surface area contributed by atoms with Crippen molar-refractivity contribution >= 4 is 27.3 Å². The summed E-state index contributed by atoms with van der Waals surface area (Å²) in [6, 6.07) is 11.4. The molecule has 0 fully saturated rings. The van der Waals surface area contributed by atoms with Crippen molar-refractivity contribution in [2.24, 2.45) is 0 Å². The quantitative estimate of drug-likeness (QED) is 0.884. The van der Waals surface area contributed by atoms with Crippen LogP contribution < -0.4 is 4.72 Å². The van der Waals surface area contributed by atoms with Crippen molar-refractivity contribution < 1.29 is 18.3 Å². The summed E-state index contributed by atoms with van der Waals surface area (Å²) in [6.07, 6.45) is 0. The monoisotopic (exact) mass is 325 g/mol. The summed E-state index contributed by atoms with van der Waals surface area (Å²) >= 11 is 1.10. The Hall–Kier alpha value is -1.70. The zero-order valence-electron chi connectivity index (χ0n) is 11.5. The molecule has 0 saturated carbocycles. The van der Waals surface area contributed by atoms with Crippen LogP contribution in [0.1, 0.15) is 17.4 Å². The van der Waals surface area contributed by atoms with Gasteiger partial charge in [0.05, 0.1) is 0 Å². The standard InChI is InChI=1S/C14H15NO4S2/c1-10-8-9-12(20-10)21(18,19)15-14(2,13(16)17)11-6-4-3-5-7-11/h3-9,15H,1-2H3,(H,16,17). The van der Waals surface area contributed by atoms with Crippen molar-refractivity contribution in [3.8, 4) is 0 Å². The van der Waals surface area contributed by atoms with Crippen molar-refractivity contribution in [3.05, 3.63) is 52.9 Å². The van der Waals surface area contributed by atoms with Gasteiger partial charge in [0.2, 0.25) is 0 Å². The van der Waals surface area contributed by atoms with Crippen LogP contribution in [0, 0.1) is 6.92 Å². The third kappa shape index (κ3) is 3.15. The molecule has 21 heavy (non-hydrogen) atoms. The molecule has 0 amide bonds. The molecule has 1 aromatic heterocycles. The van der Waals surface area contributed by atoms with Crippen LogP contribution in [0.2, 0.25) is 0 Å². The Balaban J connectivity index is 2.44. The SMILES string of the molecule is Cc1ccc(S(=O)(=O)NC(C)(C(=O)O)c2ccccc2)s1. The van der Waals surface area contributed by atoms with E-state index >= 15 is 0 Å². The number of hydrogen-bond acceptors (Lipinski definition) is 4. The second-order valence-electron chi connectivity index (χ2n) is 4.77. The van der Waals surface area contributed by atoms with Gasteiger partial charge in [0.1, 0.15) is 4.21 Å². The Morgan fingerprint density at radius 2 is 1.81 bits per heavy atom. The molecule has 0 saturated heterocycles. The van der Waals surface area contributed by atoms with Crippen LogP contribution in [0.25, 0.3) is 0 Å². The lowest BCUT2D eigenvalue weighted by Crippen LogP contribution is -2.49. The third-order valence-corrected chi connectivity index (χ3v) is 6.14. The van der Waals surface area contributed by atoms with E-state index in [0.717, 1.165) is 16.2 Å². The average Bonchev–Trinajstić information content (AvgIpc) is 2.86. The lowest BCUT2D eigenvalue weighted by Gasteiger charge is -2.26. The molecular weight excluding hydrogens is 310 g/mol. The van der Waals surface area contributed by atoms with E-state index in [0.29, 0.717) is 5.56 Å². The number of sulfonamides is 1. The van der Waals surface area contributed by atoms with Crippen LogP contribution in [0.15, 0.2) is 46.7 Å². The minimum Gasteiger partial charge on any atom is -0.480 e. The second-order valence-corrected chi connectivity index (χ2v) is 7.96. The molecule has 7 heteroatoms. The van der Waals surface area contributed by atoms with Crippen molar-refractivity contribution in [1.82, 2.24) is 4.72 Å². The zero-order valence-corrected chi connectivity index (χ0v) is 13.2. The smallest absolute Gasteiger partial charge is 0.329 e. The highest BCUT2D eigenvalue weighted by atomic mass is 32.2. The number of nitrogens with one attached hydrogen (secondary N) is 1. The zero-order chi connectivity index (χ0) is 15.7. The maximum Gasteiger partial charge on any atom is 0.329 e. The van der Waals surface area contributed by atoms with Gasteiger partial charge in [-0.3, -0.25) is 0 Å². The summed E-state index contributed by atoms with van der Waals surface area (Å²) in [5.41, 5.74) is -1.35. The Labute approximate surface area is 127 Å². The number of hydrogen-bond donors (Lipinski definition) is 2. The first kappa shape index (κ1) is 15.7. The minimum absolute atomic E-state index is 0.100. The maximum absolute atomic E-state index is 12.4.